The summed E-state index contributed by atoms with van der Waals surface area (Å²) in [7, 11) is -2.80. The van der Waals surface area contributed by atoms with Crippen molar-refractivity contribution in [3.63, 3.8) is 0 Å². The molecule has 11 rings (SSSR count). The molecule has 0 bridgehead atoms. The van der Waals surface area contributed by atoms with Crippen LogP contribution in [0.1, 0.15) is 53.0 Å². The molecule has 0 radical (unpaired) electrons. The molecule has 0 unspecified atom stereocenters. The summed E-state index contributed by atoms with van der Waals surface area (Å²) in [5.41, 5.74) is 5.54. The average Bonchev–Trinajstić information content (AvgIpc) is 4.15. The van der Waals surface area contributed by atoms with Crippen LogP contribution < -0.4 is 13.8 Å². The second-order valence-corrected chi connectivity index (χ2v) is 16.4. The first-order valence-corrected chi connectivity index (χ1v) is 22.1. The molecular weight excluding hydrogens is 830 g/mol. The SMILES string of the molecule is COc1cccc(COp2oc3c(C4OCCO4)cccc3c3cccc(C4OCCO4)c3o2)c1Op1oc2c(C3OCCO3)cccc2c2cccc(C3OCCO3)c2o1. The van der Waals surface area contributed by atoms with Crippen molar-refractivity contribution in [2.45, 2.75) is 31.8 Å². The van der Waals surface area contributed by atoms with E-state index in [1.165, 1.54) is 0 Å². The minimum Gasteiger partial charge on any atom is -0.493 e. The summed E-state index contributed by atoms with van der Waals surface area (Å²) >= 11 is 0. The highest BCUT2D eigenvalue weighted by atomic mass is 31.1. The van der Waals surface area contributed by atoms with Crippen molar-refractivity contribution < 1.29 is 68.5 Å². The molecule has 316 valence electrons. The molecule has 0 aliphatic carbocycles. The molecule has 17 heteroatoms. The van der Waals surface area contributed by atoms with Crippen LogP contribution in [0, 0.1) is 0 Å². The Bertz CT molecular complexity index is 2640. The lowest BCUT2D eigenvalue weighted by molar-refractivity contribution is -0.0437. The summed E-state index contributed by atoms with van der Waals surface area (Å²) in [4.78, 5) is 0. The summed E-state index contributed by atoms with van der Waals surface area (Å²) in [5.74, 6) is 0.763. The fourth-order valence-electron chi connectivity index (χ4n) is 7.93. The van der Waals surface area contributed by atoms with Gasteiger partial charge in [0, 0.05) is 27.1 Å². The average molecular weight is 871 g/mol. The highest BCUT2D eigenvalue weighted by Gasteiger charge is 2.29. The highest BCUT2D eigenvalue weighted by Crippen LogP contribution is 2.47. The van der Waals surface area contributed by atoms with Crippen LogP contribution in [-0.4, -0.2) is 60.0 Å². The van der Waals surface area contributed by atoms with Crippen molar-refractivity contribution >= 4 is 60.4 Å². The third kappa shape index (κ3) is 7.49. The number of rotatable bonds is 10. The summed E-state index contributed by atoms with van der Waals surface area (Å²) < 4.78 is 93.8. The van der Waals surface area contributed by atoms with Gasteiger partial charge in [-0.25, -0.2) is 0 Å². The van der Waals surface area contributed by atoms with Crippen LogP contribution in [0.3, 0.4) is 0 Å². The quantitative estimate of drug-likeness (QED) is 0.128. The standard InChI is InChI=1S/C44H40O15P2/c1-45-35-16-2-7-26(25-54-60-56-37-27(8-3-12-31(37)41-46-17-18-47-41)28-9-4-13-32(38(28)57-60)42-48-19-20-49-42)36(35)55-61-58-39-29(10-5-14-33(39)43-50-21-22-51-43)30-11-6-15-34(40(30)59-61)44-52-23-24-53-44/h2-16,41-44H,17-25H2,1H3. The van der Waals surface area contributed by atoms with E-state index in [1.807, 2.05) is 84.9 Å². The van der Waals surface area contributed by atoms with Gasteiger partial charge in [0.1, 0.15) is 0 Å². The van der Waals surface area contributed by atoms with E-state index in [0.717, 1.165) is 32.7 Å². The molecule has 0 amide bonds. The minimum atomic E-state index is -2.24. The number of para-hydroxylation sites is 5. The first-order valence-electron chi connectivity index (χ1n) is 19.9. The van der Waals surface area contributed by atoms with E-state index in [2.05, 4.69) is 0 Å². The molecule has 4 aliphatic rings. The number of ether oxygens (including phenoxy) is 9. The van der Waals surface area contributed by atoms with Gasteiger partial charge in [0.15, 0.2) is 59.0 Å². The Kier molecular flexibility index (Phi) is 11.0. The Morgan fingerprint density at radius 3 is 1.15 bits per heavy atom. The van der Waals surface area contributed by atoms with Crippen LogP contribution in [0.2, 0.25) is 0 Å². The molecule has 0 atom stereocenters. The zero-order chi connectivity index (χ0) is 40.7. The Morgan fingerprint density at radius 1 is 0.443 bits per heavy atom. The zero-order valence-electron chi connectivity index (χ0n) is 32.9. The van der Waals surface area contributed by atoms with Crippen molar-refractivity contribution in [3.05, 3.63) is 119 Å². The summed E-state index contributed by atoms with van der Waals surface area (Å²) in [6.45, 7) is 3.65. The normalized spacial score (nSPS) is 18.0. The van der Waals surface area contributed by atoms with E-state index >= 15 is 0 Å². The third-order valence-electron chi connectivity index (χ3n) is 10.7. The Morgan fingerprint density at radius 2 is 0.787 bits per heavy atom. The van der Waals surface area contributed by atoms with Crippen LogP contribution >= 0.6 is 16.5 Å². The molecule has 0 spiro atoms. The van der Waals surface area contributed by atoms with Crippen molar-refractivity contribution in [2.24, 2.45) is 0 Å². The number of hydrogen-bond acceptors (Lipinski definition) is 15. The van der Waals surface area contributed by atoms with E-state index in [9.17, 15) is 0 Å². The minimum absolute atomic E-state index is 0.0273. The van der Waals surface area contributed by atoms with Crippen LogP contribution in [0.5, 0.6) is 11.5 Å². The molecule has 4 aliphatic heterocycles. The van der Waals surface area contributed by atoms with Gasteiger partial charge in [-0.1, -0.05) is 84.9 Å². The predicted octanol–water partition coefficient (Wildman–Crippen LogP) is 10.6. The Labute approximate surface area is 350 Å². The van der Waals surface area contributed by atoms with Gasteiger partial charge in [0.25, 0.3) is 0 Å². The number of benzene rings is 5. The lowest BCUT2D eigenvalue weighted by Crippen LogP contribution is -1.99. The number of methoxy groups -OCH3 is 1. The molecule has 0 saturated carbocycles. The van der Waals surface area contributed by atoms with Gasteiger partial charge in [0.05, 0.1) is 88.8 Å². The van der Waals surface area contributed by atoms with E-state index in [0.29, 0.717) is 103 Å². The third-order valence-corrected chi connectivity index (χ3v) is 12.7. The highest BCUT2D eigenvalue weighted by molar-refractivity contribution is 7.32. The van der Waals surface area contributed by atoms with Crippen LogP contribution in [0.4, 0.5) is 0 Å². The van der Waals surface area contributed by atoms with Gasteiger partial charge < -0.3 is 63.9 Å². The molecule has 7 aromatic rings. The first-order chi connectivity index (χ1) is 30.2. The monoisotopic (exact) mass is 870 g/mol. The molecule has 6 heterocycles. The molecule has 2 aromatic heterocycles. The molecule has 15 nitrogen and oxygen atoms in total. The van der Waals surface area contributed by atoms with Crippen molar-refractivity contribution in [2.75, 3.05) is 60.0 Å². The van der Waals surface area contributed by atoms with E-state index in [1.54, 1.807) is 13.2 Å². The molecule has 61 heavy (non-hydrogen) atoms. The predicted molar refractivity (Wildman–Crippen MR) is 221 cm³/mol. The van der Waals surface area contributed by atoms with Gasteiger partial charge in [-0.2, -0.15) is 0 Å². The van der Waals surface area contributed by atoms with Crippen molar-refractivity contribution in [3.8, 4) is 11.5 Å². The maximum atomic E-state index is 6.80. The molecule has 5 aromatic carbocycles. The largest absolute Gasteiger partial charge is 0.493 e. The molecule has 0 N–H and O–H groups in total. The lowest BCUT2D eigenvalue weighted by Gasteiger charge is -2.13. The summed E-state index contributed by atoms with van der Waals surface area (Å²) in [6, 6.07) is 28.8. The second kappa shape index (κ2) is 17.1. The Hall–Kier alpha value is -4.86. The maximum absolute atomic E-state index is 6.80. The van der Waals surface area contributed by atoms with E-state index in [4.69, 9.17) is 68.5 Å². The van der Waals surface area contributed by atoms with Crippen LogP contribution in [-0.2, 0) is 44.5 Å². The Balaban J connectivity index is 1.04. The first kappa shape index (κ1) is 39.0. The van der Waals surface area contributed by atoms with Gasteiger partial charge in [0.2, 0.25) is 0 Å². The number of hydrogen-bond donors (Lipinski definition) is 0. The van der Waals surface area contributed by atoms with Gasteiger partial charge >= 0.3 is 16.5 Å². The fraction of sp³-hybridized carbons (Fsp3) is 0.318. The van der Waals surface area contributed by atoms with Gasteiger partial charge in [-0.05, 0) is 6.07 Å². The molecule has 4 fully saturated rings. The maximum Gasteiger partial charge on any atom is 0.453 e. The zero-order valence-corrected chi connectivity index (χ0v) is 34.6. The summed E-state index contributed by atoms with van der Waals surface area (Å²) in [6.07, 6.45) is -2.50. The van der Waals surface area contributed by atoms with E-state index < -0.39 is 41.6 Å². The lowest BCUT2D eigenvalue weighted by atomic mass is 10.0. The summed E-state index contributed by atoms with van der Waals surface area (Å²) in [5, 5.41) is 3.12. The molecule has 4 saturated heterocycles. The van der Waals surface area contributed by atoms with Crippen molar-refractivity contribution in [1.82, 2.24) is 0 Å². The fourth-order valence-corrected chi connectivity index (χ4v) is 10.2. The van der Waals surface area contributed by atoms with Crippen molar-refractivity contribution in [1.29, 1.82) is 0 Å². The van der Waals surface area contributed by atoms with E-state index in [-0.39, 0.29) is 6.61 Å². The second-order valence-electron chi connectivity index (χ2n) is 14.3. The molecular formula is C44H40O15P2. The number of fused-ring (bicyclic) bond motifs is 6. The van der Waals surface area contributed by atoms with Crippen LogP contribution in [0.15, 0.2) is 108 Å². The topological polar surface area (TPSA) is 154 Å². The van der Waals surface area contributed by atoms with Crippen LogP contribution in [0.25, 0.3) is 43.9 Å². The van der Waals surface area contributed by atoms with Gasteiger partial charge in [-0.3, -0.25) is 4.52 Å². The van der Waals surface area contributed by atoms with Gasteiger partial charge in [-0.15, -0.1) is 0 Å². The smallest absolute Gasteiger partial charge is 0.453 e.